The number of rotatable bonds is 3. The number of benzene rings is 1. The first-order valence-corrected chi connectivity index (χ1v) is 6.59. The van der Waals surface area contributed by atoms with E-state index >= 15 is 0 Å². The molecule has 0 aromatic heterocycles. The summed E-state index contributed by atoms with van der Waals surface area (Å²) in [5, 5.41) is 43.0. The molecule has 0 saturated carbocycles. The number of nitrogens with one attached hydrogen (secondary N) is 1. The minimum Gasteiger partial charge on any atom is -0.388 e. The van der Waals surface area contributed by atoms with Crippen LogP contribution in [0.15, 0.2) is 18.2 Å². The summed E-state index contributed by atoms with van der Waals surface area (Å²) in [5.41, 5.74) is -0.198. The number of nitro groups is 1. The zero-order chi connectivity index (χ0) is 15.7. The van der Waals surface area contributed by atoms with Crippen molar-refractivity contribution in [2.75, 3.05) is 5.32 Å². The lowest BCUT2D eigenvalue weighted by Gasteiger charge is -2.39. The van der Waals surface area contributed by atoms with Crippen molar-refractivity contribution in [1.29, 1.82) is 0 Å². The first kappa shape index (κ1) is 15.9. The Kier molecular flexibility index (Phi) is 4.64. The topological polar surface area (TPSA) is 125 Å². The van der Waals surface area contributed by atoms with Gasteiger partial charge in [-0.3, -0.25) is 10.1 Å². The summed E-state index contributed by atoms with van der Waals surface area (Å²) >= 11 is 5.71. The van der Waals surface area contributed by atoms with Crippen LogP contribution in [0.4, 0.5) is 11.4 Å². The molecule has 4 N–H and O–H groups in total. The number of anilines is 1. The molecular formula is C12H15ClN2O6. The molecule has 21 heavy (non-hydrogen) atoms. The predicted molar refractivity (Wildman–Crippen MR) is 74.1 cm³/mol. The van der Waals surface area contributed by atoms with Crippen LogP contribution >= 0.6 is 11.6 Å². The van der Waals surface area contributed by atoms with E-state index in [9.17, 15) is 25.4 Å². The molecule has 1 aromatic rings. The van der Waals surface area contributed by atoms with Crippen molar-refractivity contribution in [2.45, 2.75) is 37.6 Å². The Morgan fingerprint density at radius 1 is 1.29 bits per heavy atom. The zero-order valence-corrected chi connectivity index (χ0v) is 11.8. The monoisotopic (exact) mass is 318 g/mol. The van der Waals surface area contributed by atoms with Crippen LogP contribution in [0.2, 0.25) is 5.02 Å². The van der Waals surface area contributed by atoms with E-state index in [2.05, 4.69) is 5.32 Å². The van der Waals surface area contributed by atoms with Gasteiger partial charge in [0.25, 0.3) is 5.69 Å². The van der Waals surface area contributed by atoms with Crippen molar-refractivity contribution in [2.24, 2.45) is 0 Å². The molecule has 1 saturated heterocycles. The largest absolute Gasteiger partial charge is 0.388 e. The highest BCUT2D eigenvalue weighted by Crippen LogP contribution is 2.30. The molecule has 1 aliphatic rings. The first-order valence-electron chi connectivity index (χ1n) is 6.21. The molecule has 8 nitrogen and oxygen atoms in total. The van der Waals surface area contributed by atoms with Gasteiger partial charge in [0, 0.05) is 11.1 Å². The molecular weight excluding hydrogens is 304 g/mol. The highest BCUT2D eigenvalue weighted by molar-refractivity contribution is 6.30. The molecule has 0 radical (unpaired) electrons. The number of hydrogen-bond donors (Lipinski definition) is 4. The van der Waals surface area contributed by atoms with Crippen molar-refractivity contribution in [3.8, 4) is 0 Å². The smallest absolute Gasteiger partial charge is 0.293 e. The average molecular weight is 319 g/mol. The second kappa shape index (κ2) is 6.12. The van der Waals surface area contributed by atoms with E-state index < -0.39 is 35.6 Å². The number of halogens is 1. The van der Waals surface area contributed by atoms with Gasteiger partial charge < -0.3 is 25.4 Å². The summed E-state index contributed by atoms with van der Waals surface area (Å²) in [4.78, 5) is 10.4. The molecule has 0 spiro atoms. The van der Waals surface area contributed by atoms with Gasteiger partial charge in [0.1, 0.15) is 24.0 Å². The maximum absolute atomic E-state index is 11.0. The second-order valence-electron chi connectivity index (χ2n) is 4.80. The van der Waals surface area contributed by atoms with Crippen molar-refractivity contribution < 1.29 is 25.0 Å². The molecule has 2 rings (SSSR count). The first-order chi connectivity index (χ1) is 9.81. The molecule has 1 aromatic carbocycles. The van der Waals surface area contributed by atoms with Gasteiger partial charge in [0.05, 0.1) is 11.0 Å². The molecule has 1 fully saturated rings. The van der Waals surface area contributed by atoms with Crippen molar-refractivity contribution in [1.82, 2.24) is 0 Å². The summed E-state index contributed by atoms with van der Waals surface area (Å²) < 4.78 is 5.32. The van der Waals surface area contributed by atoms with Crippen molar-refractivity contribution in [3.63, 3.8) is 0 Å². The van der Waals surface area contributed by atoms with E-state index in [1.807, 2.05) is 0 Å². The molecule has 1 aliphatic heterocycles. The maximum Gasteiger partial charge on any atom is 0.293 e. The van der Waals surface area contributed by atoms with E-state index in [1.165, 1.54) is 19.1 Å². The van der Waals surface area contributed by atoms with Crippen LogP contribution in [0.25, 0.3) is 0 Å². The molecule has 0 unspecified atom stereocenters. The van der Waals surface area contributed by atoms with Crippen molar-refractivity contribution >= 4 is 23.0 Å². The summed E-state index contributed by atoms with van der Waals surface area (Å²) in [6, 6.07) is 3.98. The van der Waals surface area contributed by atoms with E-state index in [-0.39, 0.29) is 16.4 Å². The fourth-order valence-corrected chi connectivity index (χ4v) is 2.27. The lowest BCUT2D eigenvalue weighted by molar-refractivity contribution is -0.384. The minimum atomic E-state index is -1.44. The Bertz CT molecular complexity index is 542. The number of ether oxygens (including phenoxy) is 1. The standard InChI is InChI=1S/C12H15ClN2O6/c1-5-9(16)10(17)11(18)12(21-5)14-7-3-2-6(13)4-8(7)15(19)20/h2-5,9-12,14,16-18H,1H3/t5-,9+,10+,11+,12-/m0/s1. The fourth-order valence-electron chi connectivity index (χ4n) is 2.10. The zero-order valence-electron chi connectivity index (χ0n) is 11.0. The maximum atomic E-state index is 11.0. The quantitative estimate of drug-likeness (QED) is 0.472. The highest BCUT2D eigenvalue weighted by Gasteiger charge is 2.42. The molecule has 5 atom stereocenters. The van der Waals surface area contributed by atoms with Crippen LogP contribution in [0.1, 0.15) is 6.92 Å². The fraction of sp³-hybridized carbons (Fsp3) is 0.500. The van der Waals surface area contributed by atoms with E-state index in [0.29, 0.717) is 0 Å². The van der Waals surface area contributed by atoms with E-state index in [0.717, 1.165) is 6.07 Å². The third kappa shape index (κ3) is 3.25. The second-order valence-corrected chi connectivity index (χ2v) is 5.23. The van der Waals surface area contributed by atoms with Gasteiger partial charge in [0.15, 0.2) is 6.23 Å². The lowest BCUT2D eigenvalue weighted by Crippen LogP contribution is -2.58. The molecule has 1 heterocycles. The normalized spacial score (nSPS) is 32.7. The van der Waals surface area contributed by atoms with Crippen LogP contribution in [-0.4, -0.2) is 50.9 Å². The van der Waals surface area contributed by atoms with Gasteiger partial charge in [-0.25, -0.2) is 0 Å². The number of nitrogens with zero attached hydrogens (tertiary/aromatic N) is 1. The Morgan fingerprint density at radius 2 is 1.95 bits per heavy atom. The number of aliphatic hydroxyl groups excluding tert-OH is 3. The third-order valence-electron chi connectivity index (χ3n) is 3.31. The number of hydrogen-bond acceptors (Lipinski definition) is 7. The molecule has 0 aliphatic carbocycles. The molecule has 116 valence electrons. The predicted octanol–water partition coefficient (Wildman–Crippen LogP) is 0.488. The minimum absolute atomic E-state index is 0.0873. The van der Waals surface area contributed by atoms with E-state index in [4.69, 9.17) is 16.3 Å². The van der Waals surface area contributed by atoms with Crippen LogP contribution in [0.3, 0.4) is 0 Å². The summed E-state index contributed by atoms with van der Waals surface area (Å²) in [7, 11) is 0. The Balaban J connectivity index is 2.24. The molecule has 0 amide bonds. The Hall–Kier alpha value is -1.45. The van der Waals surface area contributed by atoms with Crippen molar-refractivity contribution in [3.05, 3.63) is 33.3 Å². The number of aliphatic hydroxyl groups is 3. The molecule has 0 bridgehead atoms. The summed E-state index contributed by atoms with van der Waals surface area (Å²) in [6.07, 6.45) is -5.94. The average Bonchev–Trinajstić information content (AvgIpc) is 2.44. The van der Waals surface area contributed by atoms with Gasteiger partial charge in [0.2, 0.25) is 0 Å². The SMILES string of the molecule is C[C@@H]1O[C@H](Nc2ccc(Cl)cc2[N+](=O)[O-])[C@H](O)[C@H](O)[C@@H]1O. The van der Waals surface area contributed by atoms with Crippen LogP contribution in [-0.2, 0) is 4.74 Å². The van der Waals surface area contributed by atoms with E-state index in [1.54, 1.807) is 0 Å². The van der Waals surface area contributed by atoms with Gasteiger partial charge in [-0.05, 0) is 19.1 Å². The van der Waals surface area contributed by atoms with Gasteiger partial charge >= 0.3 is 0 Å². The van der Waals surface area contributed by atoms with Crippen LogP contribution in [0.5, 0.6) is 0 Å². The third-order valence-corrected chi connectivity index (χ3v) is 3.54. The van der Waals surface area contributed by atoms with Gasteiger partial charge in [-0.2, -0.15) is 0 Å². The summed E-state index contributed by atoms with van der Waals surface area (Å²) in [6.45, 7) is 1.52. The Labute approximate surface area is 125 Å². The molecule has 9 heteroatoms. The Morgan fingerprint density at radius 3 is 2.57 bits per heavy atom. The van der Waals surface area contributed by atoms with Crippen LogP contribution < -0.4 is 5.32 Å². The summed E-state index contributed by atoms with van der Waals surface area (Å²) in [5.74, 6) is 0. The lowest BCUT2D eigenvalue weighted by atomic mass is 9.99. The van der Waals surface area contributed by atoms with Gasteiger partial charge in [-0.1, -0.05) is 11.6 Å². The number of nitro benzene ring substituents is 1. The highest BCUT2D eigenvalue weighted by atomic mass is 35.5. The van der Waals surface area contributed by atoms with Crippen LogP contribution in [0, 0.1) is 10.1 Å². The van der Waals surface area contributed by atoms with Gasteiger partial charge in [-0.15, -0.1) is 0 Å².